The van der Waals surface area contributed by atoms with Gasteiger partial charge in [0.15, 0.2) is 0 Å². The van der Waals surface area contributed by atoms with Gasteiger partial charge in [0.25, 0.3) is 0 Å². The van der Waals surface area contributed by atoms with Crippen LogP contribution < -0.4 is 11.1 Å². The van der Waals surface area contributed by atoms with Gasteiger partial charge in [-0.3, -0.25) is 0 Å². The highest BCUT2D eigenvalue weighted by Gasteiger charge is 2.13. The largest absolute Gasteiger partial charge is 0.396 e. The Morgan fingerprint density at radius 3 is 2.55 bits per heavy atom. The van der Waals surface area contributed by atoms with Crippen LogP contribution in [0.25, 0.3) is 0 Å². The van der Waals surface area contributed by atoms with E-state index in [9.17, 15) is 5.11 Å². The average Bonchev–Trinajstić information content (AvgIpc) is 2.73. The molecule has 0 aliphatic carbocycles. The van der Waals surface area contributed by atoms with Crippen molar-refractivity contribution in [2.75, 3.05) is 38.6 Å². The molecule has 1 aliphatic heterocycles. The summed E-state index contributed by atoms with van der Waals surface area (Å²) in [6.07, 6.45) is 10.3. The molecule has 0 saturated carbocycles. The van der Waals surface area contributed by atoms with Crippen LogP contribution >= 0.6 is 23.2 Å². The summed E-state index contributed by atoms with van der Waals surface area (Å²) in [5, 5.41) is 14.3. The van der Waals surface area contributed by atoms with E-state index in [-0.39, 0.29) is 0 Å². The molecule has 2 rings (SSSR count). The molecule has 29 heavy (non-hydrogen) atoms. The van der Waals surface area contributed by atoms with Crippen molar-refractivity contribution in [3.63, 3.8) is 0 Å². The van der Waals surface area contributed by atoms with Crippen LogP contribution in [0.5, 0.6) is 0 Å². The second-order valence-electron chi connectivity index (χ2n) is 7.78. The second-order valence-corrected chi connectivity index (χ2v) is 8.59. The maximum absolute atomic E-state index is 10.2. The lowest BCUT2D eigenvalue weighted by Crippen LogP contribution is -2.22. The Morgan fingerprint density at radius 2 is 1.83 bits per heavy atom. The maximum atomic E-state index is 10.2. The van der Waals surface area contributed by atoms with E-state index in [1.807, 2.05) is 0 Å². The number of unbranched alkanes of at least 4 members (excludes halogenated alkanes) is 3. The first-order chi connectivity index (χ1) is 14.1. The lowest BCUT2D eigenvalue weighted by Gasteiger charge is -2.22. The van der Waals surface area contributed by atoms with E-state index < -0.39 is 6.10 Å². The van der Waals surface area contributed by atoms with E-state index in [4.69, 9.17) is 38.4 Å². The summed E-state index contributed by atoms with van der Waals surface area (Å²) >= 11 is 12.0. The number of rotatable bonds is 14. The number of nitrogens with one attached hydrogen (secondary N) is 1. The Hall–Kier alpha value is -0.560. The van der Waals surface area contributed by atoms with Gasteiger partial charge in [-0.1, -0.05) is 36.0 Å². The molecule has 0 amide bonds. The Kier molecular flexibility index (Phi) is 12.3. The van der Waals surface area contributed by atoms with Crippen LogP contribution in [-0.4, -0.2) is 44.1 Å². The van der Waals surface area contributed by atoms with Crippen LogP contribution in [0.1, 0.15) is 69.5 Å². The minimum Gasteiger partial charge on any atom is -0.396 e. The van der Waals surface area contributed by atoms with E-state index in [1.54, 1.807) is 12.1 Å². The highest BCUT2D eigenvalue weighted by atomic mass is 35.5. The third-order valence-electron chi connectivity index (χ3n) is 5.30. The SMILES string of the molecule is Nc1c(Cl)cc(C(O)CNCCCCCCOCCCC2CCCCO2)cc1Cl. The smallest absolute Gasteiger partial charge is 0.0915 e. The first kappa shape index (κ1) is 24.7. The fourth-order valence-electron chi connectivity index (χ4n) is 3.51. The molecule has 0 radical (unpaired) electrons. The first-order valence-corrected chi connectivity index (χ1v) is 11.7. The van der Waals surface area contributed by atoms with Crippen molar-refractivity contribution >= 4 is 28.9 Å². The monoisotopic (exact) mass is 446 g/mol. The summed E-state index contributed by atoms with van der Waals surface area (Å²) in [4.78, 5) is 0. The van der Waals surface area contributed by atoms with Crippen LogP contribution in [0.3, 0.4) is 0 Å². The molecule has 1 aliphatic rings. The minimum absolute atomic E-state index is 0.347. The molecule has 7 heteroatoms. The number of halogens is 2. The molecule has 5 nitrogen and oxygen atoms in total. The topological polar surface area (TPSA) is 76.7 Å². The average molecular weight is 447 g/mol. The summed E-state index contributed by atoms with van der Waals surface area (Å²) in [7, 11) is 0. The lowest BCUT2D eigenvalue weighted by atomic mass is 10.1. The van der Waals surface area contributed by atoms with Gasteiger partial charge < -0.3 is 25.6 Å². The Bertz CT molecular complexity index is 560. The van der Waals surface area contributed by atoms with Crippen molar-refractivity contribution in [2.24, 2.45) is 0 Å². The Labute approximate surface area is 185 Å². The molecule has 0 bridgehead atoms. The molecule has 1 saturated heterocycles. The van der Waals surface area contributed by atoms with E-state index in [0.717, 1.165) is 58.5 Å². The molecule has 4 N–H and O–H groups in total. The van der Waals surface area contributed by atoms with Gasteiger partial charge in [-0.2, -0.15) is 0 Å². The number of benzene rings is 1. The summed E-state index contributed by atoms with van der Waals surface area (Å²) in [5.41, 5.74) is 6.74. The van der Waals surface area contributed by atoms with E-state index in [1.165, 1.54) is 25.7 Å². The normalized spacial score (nSPS) is 18.1. The van der Waals surface area contributed by atoms with Crippen molar-refractivity contribution in [1.82, 2.24) is 5.32 Å². The first-order valence-electron chi connectivity index (χ1n) is 10.9. The van der Waals surface area contributed by atoms with Gasteiger partial charge >= 0.3 is 0 Å². The van der Waals surface area contributed by atoms with Crippen LogP contribution in [0.15, 0.2) is 12.1 Å². The van der Waals surface area contributed by atoms with Gasteiger partial charge in [0, 0.05) is 26.4 Å². The van der Waals surface area contributed by atoms with Gasteiger partial charge in [0.05, 0.1) is 27.9 Å². The highest BCUT2D eigenvalue weighted by molar-refractivity contribution is 6.38. The molecule has 1 aromatic carbocycles. The zero-order valence-electron chi connectivity index (χ0n) is 17.3. The Morgan fingerprint density at radius 1 is 1.10 bits per heavy atom. The quantitative estimate of drug-likeness (QED) is 0.272. The predicted molar refractivity (Wildman–Crippen MR) is 121 cm³/mol. The molecule has 1 heterocycles. The summed E-state index contributed by atoms with van der Waals surface area (Å²) in [6.45, 7) is 3.96. The third-order valence-corrected chi connectivity index (χ3v) is 5.93. The number of ether oxygens (including phenoxy) is 2. The summed E-state index contributed by atoms with van der Waals surface area (Å²) in [5.74, 6) is 0. The number of aliphatic hydroxyl groups excluding tert-OH is 1. The van der Waals surface area contributed by atoms with Crippen molar-refractivity contribution in [3.05, 3.63) is 27.7 Å². The van der Waals surface area contributed by atoms with E-state index >= 15 is 0 Å². The van der Waals surface area contributed by atoms with Gasteiger partial charge in [0.2, 0.25) is 0 Å². The van der Waals surface area contributed by atoms with Crippen molar-refractivity contribution in [2.45, 2.75) is 70.0 Å². The van der Waals surface area contributed by atoms with Crippen molar-refractivity contribution in [1.29, 1.82) is 0 Å². The van der Waals surface area contributed by atoms with Crippen LogP contribution in [0.2, 0.25) is 10.0 Å². The summed E-state index contributed by atoms with van der Waals surface area (Å²) < 4.78 is 11.5. The minimum atomic E-state index is -0.655. The van der Waals surface area contributed by atoms with Crippen molar-refractivity contribution < 1.29 is 14.6 Å². The zero-order valence-corrected chi connectivity index (χ0v) is 18.8. The fourth-order valence-corrected chi connectivity index (χ4v) is 4.01. The number of hydrogen-bond acceptors (Lipinski definition) is 5. The van der Waals surface area contributed by atoms with Gasteiger partial charge in [-0.25, -0.2) is 0 Å². The number of aliphatic hydroxyl groups is 1. The fraction of sp³-hybridized carbons (Fsp3) is 0.727. The molecule has 2 unspecified atom stereocenters. The van der Waals surface area contributed by atoms with E-state index in [0.29, 0.717) is 33.9 Å². The number of nitrogen functional groups attached to an aromatic ring is 1. The summed E-state index contributed by atoms with van der Waals surface area (Å²) in [6, 6.07) is 3.33. The molecule has 2 atom stereocenters. The standard InChI is InChI=1S/C22H36Cl2N2O3/c23-19-14-17(15-20(24)22(19)25)21(27)16-26-10-4-1-2-5-11-28-12-7-9-18-8-3-6-13-29-18/h14-15,18,21,26-27H,1-13,16,25H2. The molecule has 166 valence electrons. The number of hydrogen-bond donors (Lipinski definition) is 3. The van der Waals surface area contributed by atoms with Gasteiger partial charge in [0.1, 0.15) is 0 Å². The molecule has 0 spiro atoms. The van der Waals surface area contributed by atoms with Crippen LogP contribution in [-0.2, 0) is 9.47 Å². The predicted octanol–water partition coefficient (Wildman–Crippen LogP) is 5.12. The molecular weight excluding hydrogens is 411 g/mol. The molecule has 1 aromatic rings. The van der Waals surface area contributed by atoms with Gasteiger partial charge in [-0.15, -0.1) is 0 Å². The number of nitrogens with two attached hydrogens (primary N) is 1. The van der Waals surface area contributed by atoms with Crippen LogP contribution in [0, 0.1) is 0 Å². The highest BCUT2D eigenvalue weighted by Crippen LogP contribution is 2.31. The molecule has 0 aromatic heterocycles. The van der Waals surface area contributed by atoms with E-state index in [2.05, 4.69) is 5.32 Å². The molecule has 1 fully saturated rings. The van der Waals surface area contributed by atoms with Crippen molar-refractivity contribution in [3.8, 4) is 0 Å². The zero-order chi connectivity index (χ0) is 20.9. The lowest BCUT2D eigenvalue weighted by molar-refractivity contribution is 0.00452. The van der Waals surface area contributed by atoms with Gasteiger partial charge in [-0.05, 0) is 69.2 Å². The second kappa shape index (κ2) is 14.4. The maximum Gasteiger partial charge on any atom is 0.0915 e. The van der Waals surface area contributed by atoms with Crippen LogP contribution in [0.4, 0.5) is 5.69 Å². The third kappa shape index (κ3) is 9.86. The Balaban J connectivity index is 1.39. The number of anilines is 1. The molecular formula is C22H36Cl2N2O3.